The molecule has 0 unspecified atom stereocenters. The van der Waals surface area contributed by atoms with Crippen LogP contribution in [0.25, 0.3) is 0 Å². The summed E-state index contributed by atoms with van der Waals surface area (Å²) in [5, 5.41) is 3.15. The number of ether oxygens (including phenoxy) is 1. The Labute approximate surface area is 167 Å². The fraction of sp³-hybridized carbons (Fsp3) is 0.455. The minimum Gasteiger partial charge on any atom is -0.463 e. The number of alkyl halides is 3. The first-order valence-corrected chi connectivity index (χ1v) is 9.53. The monoisotopic (exact) mass is 407 g/mol. The van der Waals surface area contributed by atoms with E-state index >= 15 is 0 Å². The maximum atomic E-state index is 13.3. The summed E-state index contributed by atoms with van der Waals surface area (Å²) in [7, 11) is 0. The van der Waals surface area contributed by atoms with Crippen molar-refractivity contribution in [3.05, 3.63) is 57.9 Å². The van der Waals surface area contributed by atoms with Crippen LogP contribution in [0.4, 0.5) is 13.2 Å². The molecule has 0 radical (unpaired) electrons. The lowest BCUT2D eigenvalue weighted by Crippen LogP contribution is -2.38. The van der Waals surface area contributed by atoms with Crippen molar-refractivity contribution in [3.63, 3.8) is 0 Å². The van der Waals surface area contributed by atoms with Gasteiger partial charge in [-0.1, -0.05) is 32.0 Å². The van der Waals surface area contributed by atoms with E-state index < -0.39 is 23.6 Å². The van der Waals surface area contributed by atoms with E-state index in [0.29, 0.717) is 23.4 Å². The number of esters is 1. The number of carbonyl (C=O) groups excluding carboxylic acids is 2. The molecule has 1 aromatic rings. The highest BCUT2D eigenvalue weighted by molar-refractivity contribution is 6.04. The summed E-state index contributed by atoms with van der Waals surface area (Å²) in [5.74, 6) is -1.69. The summed E-state index contributed by atoms with van der Waals surface area (Å²) >= 11 is 0. The van der Waals surface area contributed by atoms with Crippen LogP contribution in [0, 0.1) is 5.41 Å². The molecule has 0 bridgehead atoms. The Morgan fingerprint density at radius 3 is 2.59 bits per heavy atom. The maximum absolute atomic E-state index is 13.3. The van der Waals surface area contributed by atoms with Gasteiger partial charge in [-0.2, -0.15) is 13.2 Å². The fourth-order valence-corrected chi connectivity index (χ4v) is 4.14. The molecule has 0 spiro atoms. The summed E-state index contributed by atoms with van der Waals surface area (Å²) in [6.07, 6.45) is -3.70. The SMILES string of the molecule is CCOC(=O)C1=C(C)NC2=C(C(=O)CC(C)(C)C2)[C@H]1c1cccc(C(F)(F)F)c1. The normalized spacial score (nSPS) is 21.6. The maximum Gasteiger partial charge on any atom is 0.416 e. The number of allylic oxidation sites excluding steroid dienone is 3. The van der Waals surface area contributed by atoms with Gasteiger partial charge in [-0.05, 0) is 37.3 Å². The molecule has 4 nitrogen and oxygen atoms in total. The van der Waals surface area contributed by atoms with Crippen LogP contribution >= 0.6 is 0 Å². The number of hydrogen-bond donors (Lipinski definition) is 1. The van der Waals surface area contributed by atoms with Gasteiger partial charge in [-0.15, -0.1) is 0 Å². The third-order valence-electron chi connectivity index (χ3n) is 5.28. The van der Waals surface area contributed by atoms with Crippen molar-refractivity contribution in [2.24, 2.45) is 5.41 Å². The zero-order valence-electron chi connectivity index (χ0n) is 16.9. The molecule has 1 aromatic carbocycles. The molecule has 0 amide bonds. The minimum atomic E-state index is -4.53. The summed E-state index contributed by atoms with van der Waals surface area (Å²) in [5.41, 5.74) is 0.859. The molecular formula is C22H24F3NO3. The van der Waals surface area contributed by atoms with Crippen molar-refractivity contribution >= 4 is 11.8 Å². The Bertz CT molecular complexity index is 925. The zero-order chi connectivity index (χ0) is 21.6. The topological polar surface area (TPSA) is 55.4 Å². The van der Waals surface area contributed by atoms with E-state index in [2.05, 4.69) is 5.32 Å². The molecule has 0 fully saturated rings. The summed E-state index contributed by atoms with van der Waals surface area (Å²) in [6.45, 7) is 7.40. The lowest BCUT2D eigenvalue weighted by molar-refractivity contribution is -0.139. The minimum absolute atomic E-state index is 0.123. The number of benzene rings is 1. The third kappa shape index (κ3) is 4.09. The number of halogens is 3. The molecule has 0 aromatic heterocycles. The number of Topliss-reactive ketones (excluding diaryl/α,β-unsaturated/α-hetero) is 1. The van der Waals surface area contributed by atoms with Crippen LogP contribution in [0.1, 0.15) is 57.6 Å². The van der Waals surface area contributed by atoms with Crippen molar-refractivity contribution in [2.45, 2.75) is 52.6 Å². The number of rotatable bonds is 3. The Morgan fingerprint density at radius 1 is 1.28 bits per heavy atom. The first-order valence-electron chi connectivity index (χ1n) is 9.53. The van der Waals surface area contributed by atoms with Gasteiger partial charge in [0.15, 0.2) is 5.78 Å². The van der Waals surface area contributed by atoms with Gasteiger partial charge in [-0.25, -0.2) is 4.79 Å². The fourth-order valence-electron chi connectivity index (χ4n) is 4.14. The number of nitrogens with one attached hydrogen (secondary N) is 1. The van der Waals surface area contributed by atoms with Crippen LogP contribution < -0.4 is 5.32 Å². The molecule has 7 heteroatoms. The molecule has 1 heterocycles. The zero-order valence-corrected chi connectivity index (χ0v) is 16.9. The average molecular weight is 407 g/mol. The molecule has 0 saturated heterocycles. The number of carbonyl (C=O) groups is 2. The first kappa shape index (κ1) is 21.1. The van der Waals surface area contributed by atoms with Crippen molar-refractivity contribution in [3.8, 4) is 0 Å². The van der Waals surface area contributed by atoms with E-state index in [1.807, 2.05) is 13.8 Å². The molecule has 156 valence electrons. The van der Waals surface area contributed by atoms with E-state index in [0.717, 1.165) is 12.1 Å². The molecule has 1 N–H and O–H groups in total. The Balaban J connectivity index is 2.21. The molecular weight excluding hydrogens is 383 g/mol. The molecule has 0 saturated carbocycles. The number of hydrogen-bond acceptors (Lipinski definition) is 4. The second kappa shape index (κ2) is 7.35. The molecule has 2 aliphatic rings. The van der Waals surface area contributed by atoms with Gasteiger partial charge in [0.1, 0.15) is 0 Å². The van der Waals surface area contributed by atoms with Crippen LogP contribution in [0.3, 0.4) is 0 Å². The van der Waals surface area contributed by atoms with Gasteiger partial charge in [0, 0.05) is 29.3 Å². The molecule has 29 heavy (non-hydrogen) atoms. The van der Waals surface area contributed by atoms with Crippen LogP contribution in [-0.2, 0) is 20.5 Å². The van der Waals surface area contributed by atoms with Crippen LogP contribution in [-0.4, -0.2) is 18.4 Å². The smallest absolute Gasteiger partial charge is 0.416 e. The number of dihydropyridines is 1. The van der Waals surface area contributed by atoms with Crippen LogP contribution in [0.15, 0.2) is 46.8 Å². The van der Waals surface area contributed by atoms with E-state index in [1.165, 1.54) is 12.1 Å². The third-order valence-corrected chi connectivity index (χ3v) is 5.28. The van der Waals surface area contributed by atoms with Crippen molar-refractivity contribution in [1.82, 2.24) is 5.32 Å². The molecule has 1 aliphatic carbocycles. The Hall–Kier alpha value is -2.57. The molecule has 3 rings (SSSR count). The highest BCUT2D eigenvalue weighted by atomic mass is 19.4. The van der Waals surface area contributed by atoms with Crippen molar-refractivity contribution in [1.29, 1.82) is 0 Å². The van der Waals surface area contributed by atoms with E-state index in [9.17, 15) is 22.8 Å². The molecule has 1 atom stereocenters. The molecule has 1 aliphatic heterocycles. The lowest BCUT2D eigenvalue weighted by Gasteiger charge is -2.39. The second-order valence-electron chi connectivity index (χ2n) is 8.27. The summed E-state index contributed by atoms with van der Waals surface area (Å²) in [6, 6.07) is 4.82. The summed E-state index contributed by atoms with van der Waals surface area (Å²) in [4.78, 5) is 25.8. The number of ketones is 1. The van der Waals surface area contributed by atoms with E-state index in [1.54, 1.807) is 13.8 Å². The van der Waals surface area contributed by atoms with E-state index in [-0.39, 0.29) is 35.4 Å². The van der Waals surface area contributed by atoms with Crippen molar-refractivity contribution < 1.29 is 27.5 Å². The van der Waals surface area contributed by atoms with Gasteiger partial charge >= 0.3 is 12.1 Å². The average Bonchev–Trinajstić information content (AvgIpc) is 2.59. The Kier molecular flexibility index (Phi) is 5.36. The standard InChI is InChI=1S/C22H24F3NO3/c1-5-29-20(28)17-12(2)26-15-10-21(3,4)11-16(27)19(15)18(17)13-7-6-8-14(9-13)22(23,24)25/h6-9,18,26H,5,10-11H2,1-4H3/t18-/m0/s1. The largest absolute Gasteiger partial charge is 0.463 e. The Morgan fingerprint density at radius 2 is 1.97 bits per heavy atom. The van der Waals surface area contributed by atoms with Gasteiger partial charge in [-0.3, -0.25) is 4.79 Å². The van der Waals surface area contributed by atoms with Gasteiger partial charge in [0.25, 0.3) is 0 Å². The van der Waals surface area contributed by atoms with Crippen LogP contribution in [0.5, 0.6) is 0 Å². The highest BCUT2D eigenvalue weighted by Gasteiger charge is 2.43. The predicted molar refractivity (Wildman–Crippen MR) is 102 cm³/mol. The van der Waals surface area contributed by atoms with E-state index in [4.69, 9.17) is 4.74 Å². The first-order chi connectivity index (χ1) is 13.4. The van der Waals surface area contributed by atoms with Crippen LogP contribution in [0.2, 0.25) is 0 Å². The van der Waals surface area contributed by atoms with Gasteiger partial charge in [0.2, 0.25) is 0 Å². The quantitative estimate of drug-likeness (QED) is 0.726. The van der Waals surface area contributed by atoms with Gasteiger partial charge < -0.3 is 10.1 Å². The van der Waals surface area contributed by atoms with Gasteiger partial charge in [0.05, 0.1) is 17.7 Å². The predicted octanol–water partition coefficient (Wildman–Crippen LogP) is 4.87. The summed E-state index contributed by atoms with van der Waals surface area (Å²) < 4.78 is 45.1. The second-order valence-corrected chi connectivity index (χ2v) is 8.27. The lowest BCUT2D eigenvalue weighted by atomic mass is 9.68. The van der Waals surface area contributed by atoms with Crippen molar-refractivity contribution in [2.75, 3.05) is 6.61 Å². The highest BCUT2D eigenvalue weighted by Crippen LogP contribution is 2.47.